The molecular weight excluding hydrogens is 494 g/mol. The number of nitro groups is 1. The van der Waals surface area contributed by atoms with E-state index in [4.69, 9.17) is 4.42 Å². The van der Waals surface area contributed by atoms with Crippen molar-refractivity contribution < 1.29 is 18.9 Å². The molecule has 0 spiro atoms. The lowest BCUT2D eigenvalue weighted by Gasteiger charge is -2.36. The molecule has 3 aromatic rings. The summed E-state index contributed by atoms with van der Waals surface area (Å²) < 4.78 is 6.31. The third-order valence-electron chi connectivity index (χ3n) is 7.43. The molecule has 0 fully saturated rings. The number of nitro benzene ring substituents is 1. The SMILES string of the molecule is CCCCCC(=O)N1c2ccccc2NC2=C(C(=O)CC(C)(C)C2)[C@H]1c1ccc(-c2ccccc2[N+](=O)[O-])o1. The van der Waals surface area contributed by atoms with Gasteiger partial charge in [0.15, 0.2) is 5.78 Å². The predicted octanol–water partition coefficient (Wildman–Crippen LogP) is 7.58. The molecule has 0 bridgehead atoms. The van der Waals surface area contributed by atoms with Crippen LogP contribution in [-0.4, -0.2) is 16.6 Å². The minimum atomic E-state index is -0.801. The number of para-hydroxylation sites is 3. The Morgan fingerprint density at radius 1 is 1.08 bits per heavy atom. The van der Waals surface area contributed by atoms with E-state index in [1.165, 1.54) is 6.07 Å². The molecule has 2 aromatic carbocycles. The molecule has 39 heavy (non-hydrogen) atoms. The summed E-state index contributed by atoms with van der Waals surface area (Å²) in [5.74, 6) is 0.567. The van der Waals surface area contributed by atoms with Crippen molar-refractivity contribution in [3.05, 3.63) is 87.8 Å². The zero-order valence-electron chi connectivity index (χ0n) is 22.5. The van der Waals surface area contributed by atoms with Crippen LogP contribution in [0.4, 0.5) is 17.1 Å². The average Bonchev–Trinajstić information content (AvgIpc) is 3.32. The molecule has 0 saturated carbocycles. The standard InChI is InChI=1S/C31H33N3O5/c1-4-5-6-15-28(36)33-24-14-10-8-12-21(24)32-22-18-31(2,3)19-25(35)29(22)30(33)27-17-16-26(39-27)20-11-7-9-13-23(20)34(37)38/h7-14,16-17,30,32H,4-6,15,18-19H2,1-3H3/t30-/m1/s1. The lowest BCUT2D eigenvalue weighted by molar-refractivity contribution is -0.384. The number of rotatable bonds is 7. The summed E-state index contributed by atoms with van der Waals surface area (Å²) >= 11 is 0. The lowest BCUT2D eigenvalue weighted by Crippen LogP contribution is -2.39. The van der Waals surface area contributed by atoms with Crippen LogP contribution in [0.1, 0.15) is 71.1 Å². The number of nitrogens with zero attached hydrogens (tertiary/aromatic N) is 2. The van der Waals surface area contributed by atoms with Gasteiger partial charge in [-0.15, -0.1) is 0 Å². The van der Waals surface area contributed by atoms with Gasteiger partial charge in [-0.25, -0.2) is 0 Å². The van der Waals surface area contributed by atoms with Gasteiger partial charge in [0, 0.05) is 30.2 Å². The predicted molar refractivity (Wildman–Crippen MR) is 150 cm³/mol. The van der Waals surface area contributed by atoms with E-state index in [2.05, 4.69) is 26.1 Å². The van der Waals surface area contributed by atoms with E-state index in [0.717, 1.165) is 30.6 Å². The van der Waals surface area contributed by atoms with E-state index in [-0.39, 0.29) is 22.8 Å². The quantitative estimate of drug-likeness (QED) is 0.193. The Balaban J connectivity index is 1.70. The molecule has 2 heterocycles. The number of nitrogens with one attached hydrogen (secondary N) is 1. The molecule has 1 aliphatic carbocycles. The molecule has 1 N–H and O–H groups in total. The number of unbranched alkanes of at least 4 members (excludes halogenated alkanes) is 2. The van der Waals surface area contributed by atoms with Gasteiger partial charge in [0.2, 0.25) is 5.91 Å². The number of hydrogen-bond donors (Lipinski definition) is 1. The number of ketones is 1. The first-order valence-corrected chi connectivity index (χ1v) is 13.5. The first-order valence-electron chi connectivity index (χ1n) is 13.5. The number of amides is 1. The molecule has 0 radical (unpaired) electrons. The molecule has 1 amide bonds. The highest BCUT2D eigenvalue weighted by molar-refractivity contribution is 6.06. The van der Waals surface area contributed by atoms with Gasteiger partial charge in [-0.2, -0.15) is 0 Å². The second-order valence-electron chi connectivity index (χ2n) is 11.1. The minimum Gasteiger partial charge on any atom is -0.458 e. The van der Waals surface area contributed by atoms with Crippen LogP contribution in [0.2, 0.25) is 0 Å². The van der Waals surface area contributed by atoms with Crippen LogP contribution in [0.15, 0.2) is 76.4 Å². The van der Waals surface area contributed by atoms with Crippen molar-refractivity contribution in [2.45, 2.75) is 65.3 Å². The monoisotopic (exact) mass is 527 g/mol. The Morgan fingerprint density at radius 2 is 1.82 bits per heavy atom. The van der Waals surface area contributed by atoms with Crippen LogP contribution in [-0.2, 0) is 9.59 Å². The number of Topliss-reactive ketones (excluding diaryl/α,β-unsaturated/α-hetero) is 1. The van der Waals surface area contributed by atoms with Crippen molar-refractivity contribution in [3.8, 4) is 11.3 Å². The van der Waals surface area contributed by atoms with Crippen molar-refractivity contribution >= 4 is 28.8 Å². The smallest absolute Gasteiger partial charge is 0.280 e. The van der Waals surface area contributed by atoms with Gasteiger partial charge in [-0.3, -0.25) is 24.6 Å². The van der Waals surface area contributed by atoms with Crippen LogP contribution < -0.4 is 10.2 Å². The van der Waals surface area contributed by atoms with Crippen LogP contribution in [0.3, 0.4) is 0 Å². The highest BCUT2D eigenvalue weighted by Crippen LogP contribution is 2.49. The number of carbonyl (C=O) groups is 2. The normalized spacial score (nSPS) is 18.2. The van der Waals surface area contributed by atoms with Crippen molar-refractivity contribution in [2.75, 3.05) is 10.2 Å². The molecule has 8 nitrogen and oxygen atoms in total. The van der Waals surface area contributed by atoms with Gasteiger partial charge < -0.3 is 9.73 Å². The number of fused-ring (bicyclic) bond motifs is 1. The number of anilines is 2. The highest BCUT2D eigenvalue weighted by Gasteiger charge is 2.44. The molecular formula is C31H33N3O5. The van der Waals surface area contributed by atoms with Gasteiger partial charge in [0.05, 0.1) is 21.9 Å². The summed E-state index contributed by atoms with van der Waals surface area (Å²) in [6.07, 6.45) is 3.95. The second-order valence-corrected chi connectivity index (χ2v) is 11.1. The lowest BCUT2D eigenvalue weighted by atomic mass is 9.74. The maximum atomic E-state index is 13.9. The zero-order valence-corrected chi connectivity index (χ0v) is 22.5. The van der Waals surface area contributed by atoms with Crippen LogP contribution in [0.25, 0.3) is 11.3 Å². The Kier molecular flexibility index (Phi) is 7.12. The fourth-order valence-corrected chi connectivity index (χ4v) is 5.66. The second kappa shape index (κ2) is 10.5. The topological polar surface area (TPSA) is 106 Å². The number of carbonyl (C=O) groups excluding carboxylic acids is 2. The summed E-state index contributed by atoms with van der Waals surface area (Å²) in [7, 11) is 0. The van der Waals surface area contributed by atoms with Crippen LogP contribution in [0, 0.1) is 15.5 Å². The van der Waals surface area contributed by atoms with E-state index in [1.54, 1.807) is 35.2 Å². The number of hydrogen-bond acceptors (Lipinski definition) is 6. The number of furan rings is 1. The summed E-state index contributed by atoms with van der Waals surface area (Å²) in [6.45, 7) is 6.22. The molecule has 0 saturated heterocycles. The number of benzene rings is 2. The molecule has 0 unspecified atom stereocenters. The molecule has 202 valence electrons. The van der Waals surface area contributed by atoms with Crippen molar-refractivity contribution in [3.63, 3.8) is 0 Å². The third-order valence-corrected chi connectivity index (χ3v) is 7.43. The fourth-order valence-electron chi connectivity index (χ4n) is 5.66. The van der Waals surface area contributed by atoms with E-state index >= 15 is 0 Å². The Labute approximate surface area is 227 Å². The Hall–Kier alpha value is -4.20. The molecule has 1 aromatic heterocycles. The third kappa shape index (κ3) is 5.11. The van der Waals surface area contributed by atoms with E-state index in [9.17, 15) is 19.7 Å². The summed E-state index contributed by atoms with van der Waals surface area (Å²) in [5.41, 5.74) is 2.74. The first-order chi connectivity index (χ1) is 18.7. The van der Waals surface area contributed by atoms with Crippen LogP contribution >= 0.6 is 0 Å². The molecule has 1 aliphatic heterocycles. The highest BCUT2D eigenvalue weighted by atomic mass is 16.6. The van der Waals surface area contributed by atoms with E-state index in [1.807, 2.05) is 24.3 Å². The van der Waals surface area contributed by atoms with Gasteiger partial charge in [0.1, 0.15) is 17.6 Å². The molecule has 1 atom stereocenters. The zero-order chi connectivity index (χ0) is 27.7. The molecule has 8 heteroatoms. The Morgan fingerprint density at radius 3 is 2.59 bits per heavy atom. The average molecular weight is 528 g/mol. The van der Waals surface area contributed by atoms with Crippen molar-refractivity contribution in [2.24, 2.45) is 5.41 Å². The minimum absolute atomic E-state index is 0.0402. The molecule has 5 rings (SSSR count). The first kappa shape index (κ1) is 26.4. The van der Waals surface area contributed by atoms with Crippen molar-refractivity contribution in [1.82, 2.24) is 0 Å². The fraction of sp³-hybridized carbons (Fsp3) is 0.355. The van der Waals surface area contributed by atoms with Gasteiger partial charge in [0.25, 0.3) is 5.69 Å². The van der Waals surface area contributed by atoms with E-state index < -0.39 is 11.0 Å². The largest absolute Gasteiger partial charge is 0.458 e. The summed E-state index contributed by atoms with van der Waals surface area (Å²) in [4.78, 5) is 40.7. The van der Waals surface area contributed by atoms with E-state index in [0.29, 0.717) is 47.6 Å². The summed E-state index contributed by atoms with van der Waals surface area (Å²) in [5, 5.41) is 15.2. The van der Waals surface area contributed by atoms with Crippen molar-refractivity contribution in [1.29, 1.82) is 0 Å². The van der Waals surface area contributed by atoms with Crippen LogP contribution in [0.5, 0.6) is 0 Å². The molecule has 2 aliphatic rings. The van der Waals surface area contributed by atoms with Gasteiger partial charge in [-0.05, 0) is 48.6 Å². The number of allylic oxidation sites excluding steroid dienone is 1. The summed E-state index contributed by atoms with van der Waals surface area (Å²) in [6, 6.07) is 16.6. The van der Waals surface area contributed by atoms with Gasteiger partial charge >= 0.3 is 0 Å². The maximum Gasteiger partial charge on any atom is 0.280 e. The maximum absolute atomic E-state index is 13.9. The Bertz CT molecular complexity index is 1470. The van der Waals surface area contributed by atoms with Gasteiger partial charge in [-0.1, -0.05) is 57.9 Å².